The summed E-state index contributed by atoms with van der Waals surface area (Å²) < 4.78 is 26.2. The second-order valence-electron chi connectivity index (χ2n) is 5.96. The SMILES string of the molecule is CCc1cccc2sc(=NC(=O)c3ccc(S(C)(=O)=O)cc3)n(CC)c12. The molecule has 0 N–H and O–H groups in total. The molecule has 0 bridgehead atoms. The molecule has 0 atom stereocenters. The molecule has 0 aliphatic rings. The summed E-state index contributed by atoms with van der Waals surface area (Å²) in [5.41, 5.74) is 2.72. The van der Waals surface area contributed by atoms with E-state index < -0.39 is 9.84 Å². The molecule has 3 aromatic rings. The smallest absolute Gasteiger partial charge is 0.279 e. The van der Waals surface area contributed by atoms with Crippen LogP contribution in [0.3, 0.4) is 0 Å². The minimum Gasteiger partial charge on any atom is -0.316 e. The van der Waals surface area contributed by atoms with E-state index in [-0.39, 0.29) is 10.8 Å². The Bertz CT molecular complexity index is 1140. The van der Waals surface area contributed by atoms with Gasteiger partial charge in [-0.1, -0.05) is 30.4 Å². The van der Waals surface area contributed by atoms with Crippen LogP contribution in [0.1, 0.15) is 29.8 Å². The first-order chi connectivity index (χ1) is 12.3. The van der Waals surface area contributed by atoms with Crippen LogP contribution in [0.15, 0.2) is 52.4 Å². The fourth-order valence-corrected chi connectivity index (χ4v) is 4.63. The van der Waals surface area contributed by atoms with Gasteiger partial charge < -0.3 is 4.57 Å². The molecule has 26 heavy (non-hydrogen) atoms. The molecule has 0 unspecified atom stereocenters. The Balaban J connectivity index is 2.08. The lowest BCUT2D eigenvalue weighted by atomic mass is 10.1. The third-order valence-corrected chi connectivity index (χ3v) is 6.38. The van der Waals surface area contributed by atoms with Gasteiger partial charge in [0.2, 0.25) is 0 Å². The number of thiazole rings is 1. The van der Waals surface area contributed by atoms with Gasteiger partial charge in [0.25, 0.3) is 5.91 Å². The summed E-state index contributed by atoms with van der Waals surface area (Å²) in [4.78, 5) is 17.7. The van der Waals surface area contributed by atoms with E-state index in [9.17, 15) is 13.2 Å². The average molecular weight is 389 g/mol. The van der Waals surface area contributed by atoms with Crippen LogP contribution < -0.4 is 4.80 Å². The molecule has 1 amide bonds. The number of rotatable bonds is 4. The van der Waals surface area contributed by atoms with E-state index in [1.54, 1.807) is 0 Å². The van der Waals surface area contributed by atoms with Crippen LogP contribution in [0.4, 0.5) is 0 Å². The van der Waals surface area contributed by atoms with Gasteiger partial charge in [-0.25, -0.2) is 8.42 Å². The minimum atomic E-state index is -3.28. The third kappa shape index (κ3) is 3.50. The number of sulfone groups is 1. The number of fused-ring (bicyclic) bond motifs is 1. The van der Waals surface area contributed by atoms with Crippen LogP contribution in [0.2, 0.25) is 0 Å². The quantitative estimate of drug-likeness (QED) is 0.688. The zero-order chi connectivity index (χ0) is 18.9. The van der Waals surface area contributed by atoms with Crippen molar-refractivity contribution in [3.05, 3.63) is 58.4 Å². The first kappa shape index (κ1) is 18.5. The molecular weight excluding hydrogens is 368 g/mol. The lowest BCUT2D eigenvalue weighted by molar-refractivity contribution is 0.0997. The number of nitrogens with zero attached hydrogens (tertiary/aromatic N) is 2. The Morgan fingerprint density at radius 3 is 2.38 bits per heavy atom. The fraction of sp³-hybridized carbons (Fsp3) is 0.263. The minimum absolute atomic E-state index is 0.187. The number of carbonyl (C=O) groups excluding carboxylic acids is 1. The molecule has 0 saturated carbocycles. The molecule has 1 aromatic heterocycles. The molecule has 136 valence electrons. The van der Waals surface area contributed by atoms with Crippen molar-refractivity contribution < 1.29 is 13.2 Å². The maximum absolute atomic E-state index is 12.6. The van der Waals surface area contributed by atoms with Gasteiger partial charge in [-0.2, -0.15) is 4.99 Å². The lowest BCUT2D eigenvalue weighted by Crippen LogP contribution is -2.16. The Kier molecular flexibility index (Phi) is 5.11. The van der Waals surface area contributed by atoms with Gasteiger partial charge in [0.1, 0.15) is 0 Å². The van der Waals surface area contributed by atoms with Crippen molar-refractivity contribution in [1.82, 2.24) is 4.57 Å². The molecule has 2 aromatic carbocycles. The van der Waals surface area contributed by atoms with Crippen LogP contribution >= 0.6 is 11.3 Å². The summed E-state index contributed by atoms with van der Waals surface area (Å²) in [6, 6.07) is 12.0. The Hall–Kier alpha value is -2.25. The number of benzene rings is 2. The van der Waals surface area contributed by atoms with Gasteiger partial charge >= 0.3 is 0 Å². The van der Waals surface area contributed by atoms with Crippen LogP contribution in [-0.4, -0.2) is 25.1 Å². The number of carbonyl (C=O) groups is 1. The highest BCUT2D eigenvalue weighted by Gasteiger charge is 2.12. The van der Waals surface area contributed by atoms with Crippen LogP contribution in [0.5, 0.6) is 0 Å². The number of para-hydroxylation sites is 1. The lowest BCUT2D eigenvalue weighted by Gasteiger charge is -2.05. The van der Waals surface area contributed by atoms with Crippen molar-refractivity contribution in [1.29, 1.82) is 0 Å². The molecular formula is C19H20N2O3S2. The standard InChI is InChI=1S/C19H20N2O3S2/c1-4-13-7-6-8-16-17(13)21(5-2)19(25-16)20-18(22)14-9-11-15(12-10-14)26(3,23)24/h6-12H,4-5H2,1-3H3. The number of aromatic nitrogens is 1. The van der Waals surface area contributed by atoms with Crippen molar-refractivity contribution >= 4 is 37.3 Å². The summed E-state index contributed by atoms with van der Waals surface area (Å²) >= 11 is 1.49. The number of hydrogen-bond donors (Lipinski definition) is 0. The number of amides is 1. The normalized spacial score (nSPS) is 12.7. The maximum Gasteiger partial charge on any atom is 0.279 e. The molecule has 0 radical (unpaired) electrons. The van der Waals surface area contributed by atoms with E-state index in [1.807, 2.05) is 19.1 Å². The van der Waals surface area contributed by atoms with Gasteiger partial charge in [0.15, 0.2) is 14.6 Å². The summed E-state index contributed by atoms with van der Waals surface area (Å²) in [5, 5.41) is 0. The Morgan fingerprint density at radius 1 is 1.12 bits per heavy atom. The van der Waals surface area contributed by atoms with Gasteiger partial charge in [-0.05, 0) is 49.2 Å². The van der Waals surface area contributed by atoms with Crippen molar-refractivity contribution in [2.24, 2.45) is 4.99 Å². The van der Waals surface area contributed by atoms with E-state index in [0.717, 1.165) is 29.4 Å². The average Bonchev–Trinajstić information content (AvgIpc) is 2.98. The van der Waals surface area contributed by atoms with Crippen molar-refractivity contribution in [2.75, 3.05) is 6.26 Å². The fourth-order valence-electron chi connectivity index (χ4n) is 2.86. The summed E-state index contributed by atoms with van der Waals surface area (Å²) in [6.45, 7) is 4.86. The second-order valence-corrected chi connectivity index (χ2v) is 8.98. The summed E-state index contributed by atoms with van der Waals surface area (Å²) in [7, 11) is -3.28. The predicted molar refractivity (Wildman–Crippen MR) is 104 cm³/mol. The molecule has 5 nitrogen and oxygen atoms in total. The first-order valence-corrected chi connectivity index (χ1v) is 11.1. The molecule has 7 heteroatoms. The van der Waals surface area contributed by atoms with Crippen LogP contribution in [0.25, 0.3) is 10.2 Å². The second kappa shape index (κ2) is 7.17. The first-order valence-electron chi connectivity index (χ1n) is 8.35. The van der Waals surface area contributed by atoms with Gasteiger partial charge in [0.05, 0.1) is 15.1 Å². The predicted octanol–water partition coefficient (Wildman–Crippen LogP) is 3.43. The van der Waals surface area contributed by atoms with Gasteiger partial charge in [-0.3, -0.25) is 4.79 Å². The molecule has 3 rings (SSSR count). The van der Waals surface area contributed by atoms with Crippen LogP contribution in [-0.2, 0) is 22.8 Å². The zero-order valence-electron chi connectivity index (χ0n) is 14.9. The number of aryl methyl sites for hydroxylation is 2. The van der Waals surface area contributed by atoms with E-state index in [1.165, 1.54) is 41.2 Å². The maximum atomic E-state index is 12.6. The largest absolute Gasteiger partial charge is 0.316 e. The van der Waals surface area contributed by atoms with E-state index >= 15 is 0 Å². The highest BCUT2D eigenvalue weighted by molar-refractivity contribution is 7.90. The van der Waals surface area contributed by atoms with Crippen molar-refractivity contribution in [3.63, 3.8) is 0 Å². The highest BCUT2D eigenvalue weighted by atomic mass is 32.2. The van der Waals surface area contributed by atoms with Gasteiger partial charge in [0, 0.05) is 18.4 Å². The molecule has 1 heterocycles. The molecule has 0 aliphatic heterocycles. The third-order valence-electron chi connectivity index (χ3n) is 4.21. The van der Waals surface area contributed by atoms with E-state index in [2.05, 4.69) is 22.5 Å². The highest BCUT2D eigenvalue weighted by Crippen LogP contribution is 2.22. The van der Waals surface area contributed by atoms with Gasteiger partial charge in [-0.15, -0.1) is 0 Å². The molecule has 0 aliphatic carbocycles. The van der Waals surface area contributed by atoms with E-state index in [0.29, 0.717) is 10.4 Å². The zero-order valence-corrected chi connectivity index (χ0v) is 16.5. The van der Waals surface area contributed by atoms with E-state index in [4.69, 9.17) is 0 Å². The molecule has 0 spiro atoms. The summed E-state index contributed by atoms with van der Waals surface area (Å²) in [6.07, 6.45) is 2.05. The van der Waals surface area contributed by atoms with Crippen molar-refractivity contribution in [3.8, 4) is 0 Å². The molecule has 0 saturated heterocycles. The molecule has 0 fully saturated rings. The monoisotopic (exact) mass is 388 g/mol. The topological polar surface area (TPSA) is 68.5 Å². The Morgan fingerprint density at radius 2 is 1.81 bits per heavy atom. The Labute approximate surface area is 156 Å². The van der Waals surface area contributed by atoms with Crippen molar-refractivity contribution in [2.45, 2.75) is 31.7 Å². The summed E-state index contributed by atoms with van der Waals surface area (Å²) in [5.74, 6) is -0.378. The number of hydrogen-bond acceptors (Lipinski definition) is 4. The van der Waals surface area contributed by atoms with Crippen LogP contribution in [0, 0.1) is 0 Å².